The molecule has 0 bridgehead atoms. The van der Waals surface area contributed by atoms with Crippen molar-refractivity contribution in [2.24, 2.45) is 0 Å². The normalized spacial score (nSPS) is 14.5. The summed E-state index contributed by atoms with van der Waals surface area (Å²) in [4.78, 5) is 20.2. The molecule has 0 radical (unpaired) electrons. The maximum Gasteiger partial charge on any atom is 0.227 e. The summed E-state index contributed by atoms with van der Waals surface area (Å²) in [6.07, 6.45) is 6.29. The Bertz CT molecular complexity index is 907. The number of carbonyl (C=O) groups excluding carboxylic acids is 1. The molecule has 1 saturated heterocycles. The molecule has 1 aliphatic heterocycles. The van der Waals surface area contributed by atoms with Crippen molar-refractivity contribution in [3.05, 3.63) is 65.9 Å². The number of carbonyl (C=O) groups is 1. The zero-order valence-corrected chi connectivity index (χ0v) is 15.9. The van der Waals surface area contributed by atoms with Gasteiger partial charge in [0.1, 0.15) is 0 Å². The second-order valence-electron chi connectivity index (χ2n) is 7.50. The average Bonchev–Trinajstić information content (AvgIpc) is 3.12. The van der Waals surface area contributed by atoms with Crippen molar-refractivity contribution >= 4 is 22.5 Å². The van der Waals surface area contributed by atoms with Gasteiger partial charge in [-0.3, -0.25) is 4.79 Å². The summed E-state index contributed by atoms with van der Waals surface area (Å²) in [7, 11) is 1.88. The standard InChI is InChI=1S/C23H27N3O/c1-25(23(27)15-19-16-24-22-8-4-3-7-21(19)22)17-18-9-11-20(12-10-18)26-13-5-2-6-14-26/h3-4,7-12,16,24H,2,5-6,13-15,17H2,1H3. The smallest absolute Gasteiger partial charge is 0.227 e. The number of para-hydroxylation sites is 1. The molecule has 0 saturated carbocycles. The molecule has 140 valence electrons. The molecule has 0 spiro atoms. The minimum Gasteiger partial charge on any atom is -0.372 e. The van der Waals surface area contributed by atoms with E-state index in [0.717, 1.165) is 29.6 Å². The number of H-pyrrole nitrogens is 1. The van der Waals surface area contributed by atoms with Crippen LogP contribution >= 0.6 is 0 Å². The first-order valence-electron chi connectivity index (χ1n) is 9.83. The molecule has 2 heterocycles. The molecule has 1 fully saturated rings. The lowest BCUT2D eigenvalue weighted by Gasteiger charge is -2.29. The first-order valence-corrected chi connectivity index (χ1v) is 9.83. The number of likely N-dealkylation sites (N-methyl/N-ethyl adjacent to an activating group) is 1. The Balaban J connectivity index is 1.38. The first-order chi connectivity index (χ1) is 13.2. The van der Waals surface area contributed by atoms with Crippen LogP contribution in [-0.4, -0.2) is 35.9 Å². The molecule has 0 aliphatic carbocycles. The summed E-state index contributed by atoms with van der Waals surface area (Å²) in [6.45, 7) is 2.95. The molecule has 2 aromatic carbocycles. The predicted octanol–water partition coefficient (Wildman–Crippen LogP) is 4.36. The Morgan fingerprint density at radius 1 is 1.04 bits per heavy atom. The monoisotopic (exact) mass is 361 g/mol. The van der Waals surface area contributed by atoms with E-state index in [1.807, 2.05) is 36.3 Å². The van der Waals surface area contributed by atoms with Crippen molar-refractivity contribution < 1.29 is 4.79 Å². The number of anilines is 1. The van der Waals surface area contributed by atoms with Gasteiger partial charge in [0, 0.05) is 49.5 Å². The van der Waals surface area contributed by atoms with Crippen LogP contribution in [0.5, 0.6) is 0 Å². The highest BCUT2D eigenvalue weighted by Gasteiger charge is 2.14. The molecule has 0 atom stereocenters. The lowest BCUT2D eigenvalue weighted by atomic mass is 10.1. The quantitative estimate of drug-likeness (QED) is 0.733. The van der Waals surface area contributed by atoms with E-state index in [1.165, 1.54) is 30.5 Å². The van der Waals surface area contributed by atoms with Gasteiger partial charge in [0.15, 0.2) is 0 Å². The van der Waals surface area contributed by atoms with E-state index in [2.05, 4.69) is 40.2 Å². The fourth-order valence-electron chi connectivity index (χ4n) is 3.90. The Morgan fingerprint density at radius 3 is 2.56 bits per heavy atom. The number of hydrogen-bond donors (Lipinski definition) is 1. The van der Waals surface area contributed by atoms with Gasteiger partial charge in [-0.15, -0.1) is 0 Å². The molecule has 0 unspecified atom stereocenters. The Labute approximate surface area is 160 Å². The zero-order chi connectivity index (χ0) is 18.6. The second-order valence-corrected chi connectivity index (χ2v) is 7.50. The SMILES string of the molecule is CN(Cc1ccc(N2CCCCC2)cc1)C(=O)Cc1c[nH]c2ccccc12. The number of amides is 1. The molecule has 1 N–H and O–H groups in total. The molecule has 4 nitrogen and oxygen atoms in total. The third-order valence-corrected chi connectivity index (χ3v) is 5.52. The van der Waals surface area contributed by atoms with Crippen LogP contribution in [0.2, 0.25) is 0 Å². The highest BCUT2D eigenvalue weighted by atomic mass is 16.2. The lowest BCUT2D eigenvalue weighted by Crippen LogP contribution is -2.29. The Kier molecular flexibility index (Phi) is 5.14. The molecule has 1 amide bonds. The number of fused-ring (bicyclic) bond motifs is 1. The summed E-state index contributed by atoms with van der Waals surface area (Å²) in [6, 6.07) is 16.8. The highest BCUT2D eigenvalue weighted by molar-refractivity contribution is 5.88. The van der Waals surface area contributed by atoms with Crippen LogP contribution in [0.15, 0.2) is 54.7 Å². The number of nitrogens with zero attached hydrogens (tertiary/aromatic N) is 2. The van der Waals surface area contributed by atoms with E-state index in [4.69, 9.17) is 0 Å². The summed E-state index contributed by atoms with van der Waals surface area (Å²) in [5.74, 6) is 0.139. The molecule has 1 aliphatic rings. The molecular weight excluding hydrogens is 334 g/mol. The number of aromatic nitrogens is 1. The van der Waals surface area contributed by atoms with Gasteiger partial charge in [0.25, 0.3) is 0 Å². The summed E-state index contributed by atoms with van der Waals surface area (Å²) < 4.78 is 0. The van der Waals surface area contributed by atoms with E-state index >= 15 is 0 Å². The van der Waals surface area contributed by atoms with Crippen molar-refractivity contribution in [2.75, 3.05) is 25.0 Å². The predicted molar refractivity (Wildman–Crippen MR) is 111 cm³/mol. The number of hydrogen-bond acceptors (Lipinski definition) is 2. The van der Waals surface area contributed by atoms with Crippen molar-refractivity contribution in [1.29, 1.82) is 0 Å². The maximum atomic E-state index is 12.7. The van der Waals surface area contributed by atoms with E-state index in [-0.39, 0.29) is 5.91 Å². The van der Waals surface area contributed by atoms with Crippen LogP contribution in [0.4, 0.5) is 5.69 Å². The van der Waals surface area contributed by atoms with Crippen LogP contribution in [0.3, 0.4) is 0 Å². The fourth-order valence-corrected chi connectivity index (χ4v) is 3.90. The van der Waals surface area contributed by atoms with Gasteiger partial charge in [0.05, 0.1) is 6.42 Å². The molecular formula is C23H27N3O. The fraction of sp³-hybridized carbons (Fsp3) is 0.348. The molecule has 3 aromatic rings. The van der Waals surface area contributed by atoms with E-state index in [1.54, 1.807) is 0 Å². The third-order valence-electron chi connectivity index (χ3n) is 5.52. The number of nitrogens with one attached hydrogen (secondary N) is 1. The van der Waals surface area contributed by atoms with Gasteiger partial charge in [-0.25, -0.2) is 0 Å². The number of aromatic amines is 1. The molecule has 4 rings (SSSR count). The van der Waals surface area contributed by atoms with Crippen molar-refractivity contribution in [1.82, 2.24) is 9.88 Å². The third kappa shape index (κ3) is 4.00. The van der Waals surface area contributed by atoms with E-state index < -0.39 is 0 Å². The van der Waals surface area contributed by atoms with E-state index in [9.17, 15) is 4.79 Å². The zero-order valence-electron chi connectivity index (χ0n) is 15.9. The first kappa shape index (κ1) is 17.7. The van der Waals surface area contributed by atoms with Gasteiger partial charge in [-0.1, -0.05) is 30.3 Å². The number of piperidine rings is 1. The highest BCUT2D eigenvalue weighted by Crippen LogP contribution is 2.21. The van der Waals surface area contributed by atoms with Crippen LogP contribution in [0, 0.1) is 0 Å². The molecule has 4 heteroatoms. The van der Waals surface area contributed by atoms with Gasteiger partial charge < -0.3 is 14.8 Å². The van der Waals surface area contributed by atoms with Crippen molar-refractivity contribution in [2.45, 2.75) is 32.2 Å². The minimum absolute atomic E-state index is 0.139. The van der Waals surface area contributed by atoms with Gasteiger partial charge in [0.2, 0.25) is 5.91 Å². The topological polar surface area (TPSA) is 39.3 Å². The summed E-state index contributed by atoms with van der Waals surface area (Å²) >= 11 is 0. The number of rotatable bonds is 5. The number of benzene rings is 2. The van der Waals surface area contributed by atoms with Gasteiger partial charge in [-0.2, -0.15) is 0 Å². The van der Waals surface area contributed by atoms with Crippen molar-refractivity contribution in [3.8, 4) is 0 Å². The van der Waals surface area contributed by atoms with Crippen LogP contribution in [-0.2, 0) is 17.8 Å². The Morgan fingerprint density at radius 2 is 1.78 bits per heavy atom. The molecule has 27 heavy (non-hydrogen) atoms. The molecule has 1 aromatic heterocycles. The van der Waals surface area contributed by atoms with Crippen LogP contribution in [0.1, 0.15) is 30.4 Å². The van der Waals surface area contributed by atoms with Crippen LogP contribution in [0.25, 0.3) is 10.9 Å². The average molecular weight is 361 g/mol. The minimum atomic E-state index is 0.139. The summed E-state index contributed by atoms with van der Waals surface area (Å²) in [5, 5.41) is 1.13. The van der Waals surface area contributed by atoms with Gasteiger partial charge in [-0.05, 0) is 48.6 Å². The summed E-state index contributed by atoms with van der Waals surface area (Å²) in [5.41, 5.74) is 4.61. The van der Waals surface area contributed by atoms with Crippen molar-refractivity contribution in [3.63, 3.8) is 0 Å². The van der Waals surface area contributed by atoms with E-state index in [0.29, 0.717) is 13.0 Å². The largest absolute Gasteiger partial charge is 0.372 e. The van der Waals surface area contributed by atoms with Gasteiger partial charge >= 0.3 is 0 Å². The second kappa shape index (κ2) is 7.87. The lowest BCUT2D eigenvalue weighted by molar-refractivity contribution is -0.129. The van der Waals surface area contributed by atoms with Crippen LogP contribution < -0.4 is 4.90 Å². The Hall–Kier alpha value is -2.75. The maximum absolute atomic E-state index is 12.7.